The van der Waals surface area contributed by atoms with Gasteiger partial charge in [0.2, 0.25) is 0 Å². The van der Waals surface area contributed by atoms with E-state index in [1.807, 2.05) is 0 Å². The van der Waals surface area contributed by atoms with Gasteiger partial charge in [-0.3, -0.25) is 9.59 Å². The minimum atomic E-state index is -0.574. The zero-order valence-corrected chi connectivity index (χ0v) is 11.3. The summed E-state index contributed by atoms with van der Waals surface area (Å²) in [5, 5.41) is 5.10. The molecule has 108 valence electrons. The van der Waals surface area contributed by atoms with E-state index in [4.69, 9.17) is 5.73 Å². The van der Waals surface area contributed by atoms with Crippen molar-refractivity contribution in [1.82, 2.24) is 5.32 Å². The average Bonchev–Trinajstić information content (AvgIpc) is 2.46. The monoisotopic (exact) mass is 287 g/mol. The maximum atomic E-state index is 13.2. The lowest BCUT2D eigenvalue weighted by Crippen LogP contribution is -2.18. The minimum Gasteiger partial charge on any atom is -0.399 e. The Kier molecular flexibility index (Phi) is 4.18. The van der Waals surface area contributed by atoms with Crippen LogP contribution in [0.1, 0.15) is 20.7 Å². The van der Waals surface area contributed by atoms with Gasteiger partial charge < -0.3 is 16.4 Å². The largest absolute Gasteiger partial charge is 0.399 e. The van der Waals surface area contributed by atoms with Crippen LogP contribution >= 0.6 is 0 Å². The fraction of sp³-hybridized carbons (Fsp3) is 0.0667. The van der Waals surface area contributed by atoms with Crippen molar-refractivity contribution >= 4 is 23.2 Å². The Morgan fingerprint density at radius 3 is 2.24 bits per heavy atom. The molecule has 2 aromatic carbocycles. The van der Waals surface area contributed by atoms with Gasteiger partial charge in [-0.15, -0.1) is 0 Å². The normalized spacial score (nSPS) is 10.0. The number of nitrogens with two attached hydrogens (primary N) is 1. The Morgan fingerprint density at radius 2 is 1.67 bits per heavy atom. The van der Waals surface area contributed by atoms with Crippen molar-refractivity contribution in [2.45, 2.75) is 0 Å². The SMILES string of the molecule is CNC(=O)c1ccc(NC(=O)c2cc(N)cc(F)c2)cc1. The van der Waals surface area contributed by atoms with E-state index in [1.165, 1.54) is 13.1 Å². The maximum Gasteiger partial charge on any atom is 0.255 e. The van der Waals surface area contributed by atoms with Crippen LogP contribution in [0.25, 0.3) is 0 Å². The van der Waals surface area contributed by atoms with Gasteiger partial charge in [0.05, 0.1) is 0 Å². The van der Waals surface area contributed by atoms with E-state index >= 15 is 0 Å². The number of hydrogen-bond donors (Lipinski definition) is 3. The number of nitrogens with one attached hydrogen (secondary N) is 2. The Hall–Kier alpha value is -2.89. The van der Waals surface area contributed by atoms with Crippen LogP contribution < -0.4 is 16.4 Å². The zero-order chi connectivity index (χ0) is 15.4. The van der Waals surface area contributed by atoms with Crippen molar-refractivity contribution in [2.24, 2.45) is 0 Å². The molecule has 0 heterocycles. The molecule has 0 atom stereocenters. The third kappa shape index (κ3) is 3.56. The number of anilines is 2. The van der Waals surface area contributed by atoms with Crippen molar-refractivity contribution in [3.63, 3.8) is 0 Å². The van der Waals surface area contributed by atoms with Crippen molar-refractivity contribution < 1.29 is 14.0 Å². The first-order valence-electron chi connectivity index (χ1n) is 6.19. The Labute approximate surface area is 121 Å². The number of hydrogen-bond acceptors (Lipinski definition) is 3. The lowest BCUT2D eigenvalue weighted by Gasteiger charge is -2.07. The number of rotatable bonds is 3. The Bertz CT molecular complexity index is 664. The minimum absolute atomic E-state index is 0.128. The summed E-state index contributed by atoms with van der Waals surface area (Å²) in [7, 11) is 1.53. The molecule has 0 aliphatic carbocycles. The van der Waals surface area contributed by atoms with E-state index in [0.717, 1.165) is 12.1 Å². The first-order chi connectivity index (χ1) is 9.99. The molecular weight excluding hydrogens is 273 g/mol. The van der Waals surface area contributed by atoms with Crippen molar-refractivity contribution in [2.75, 3.05) is 18.1 Å². The lowest BCUT2D eigenvalue weighted by atomic mass is 10.1. The van der Waals surface area contributed by atoms with Gasteiger partial charge in [0.1, 0.15) is 5.82 Å². The van der Waals surface area contributed by atoms with Crippen LogP contribution in [0.5, 0.6) is 0 Å². The number of amides is 2. The summed E-state index contributed by atoms with van der Waals surface area (Å²) in [6, 6.07) is 9.95. The molecule has 0 unspecified atom stereocenters. The molecule has 2 amide bonds. The molecule has 0 fully saturated rings. The van der Waals surface area contributed by atoms with Gasteiger partial charge in [0.25, 0.3) is 11.8 Å². The first-order valence-corrected chi connectivity index (χ1v) is 6.19. The number of carbonyl (C=O) groups is 2. The number of nitrogen functional groups attached to an aromatic ring is 1. The van der Waals surface area contributed by atoms with Gasteiger partial charge in [-0.05, 0) is 42.5 Å². The highest BCUT2D eigenvalue weighted by molar-refractivity contribution is 6.05. The molecular formula is C15H14FN3O2. The molecule has 0 aliphatic rings. The lowest BCUT2D eigenvalue weighted by molar-refractivity contribution is 0.0962. The second-order valence-electron chi connectivity index (χ2n) is 4.38. The molecule has 4 N–H and O–H groups in total. The highest BCUT2D eigenvalue weighted by Crippen LogP contribution is 2.14. The van der Waals surface area contributed by atoms with Gasteiger partial charge in [-0.1, -0.05) is 0 Å². The summed E-state index contributed by atoms with van der Waals surface area (Å²) < 4.78 is 13.2. The quantitative estimate of drug-likeness (QED) is 0.755. The summed E-state index contributed by atoms with van der Waals surface area (Å²) in [5.74, 6) is -1.27. The predicted octanol–water partition coefficient (Wildman–Crippen LogP) is 2.02. The molecule has 21 heavy (non-hydrogen) atoms. The summed E-state index contributed by atoms with van der Waals surface area (Å²) in [5.41, 5.74) is 6.77. The molecule has 0 saturated heterocycles. The van der Waals surface area contributed by atoms with Gasteiger partial charge >= 0.3 is 0 Å². The molecule has 6 heteroatoms. The molecule has 0 aliphatic heterocycles. The van der Waals surface area contributed by atoms with Crippen LogP contribution in [0.3, 0.4) is 0 Å². The maximum absolute atomic E-state index is 13.2. The van der Waals surface area contributed by atoms with Gasteiger partial charge in [0.15, 0.2) is 0 Å². The van der Waals surface area contributed by atoms with Gasteiger partial charge in [-0.25, -0.2) is 4.39 Å². The average molecular weight is 287 g/mol. The highest BCUT2D eigenvalue weighted by Gasteiger charge is 2.09. The van der Waals surface area contributed by atoms with E-state index in [2.05, 4.69) is 10.6 Å². The molecule has 5 nitrogen and oxygen atoms in total. The fourth-order valence-corrected chi connectivity index (χ4v) is 1.80. The Morgan fingerprint density at radius 1 is 1.00 bits per heavy atom. The highest BCUT2D eigenvalue weighted by atomic mass is 19.1. The molecule has 0 spiro atoms. The summed E-state index contributed by atoms with van der Waals surface area (Å²) in [6.07, 6.45) is 0. The molecule has 0 aromatic heterocycles. The number of halogens is 1. The van der Waals surface area contributed by atoms with Crippen LogP contribution in [0.4, 0.5) is 15.8 Å². The summed E-state index contributed by atoms with van der Waals surface area (Å²) in [4.78, 5) is 23.4. The smallest absolute Gasteiger partial charge is 0.255 e. The van der Waals surface area contributed by atoms with E-state index in [0.29, 0.717) is 11.3 Å². The van der Waals surface area contributed by atoms with Crippen molar-refractivity contribution in [3.8, 4) is 0 Å². The molecule has 0 bridgehead atoms. The zero-order valence-electron chi connectivity index (χ0n) is 11.3. The fourth-order valence-electron chi connectivity index (χ4n) is 1.80. The van der Waals surface area contributed by atoms with Crippen LogP contribution in [0.2, 0.25) is 0 Å². The van der Waals surface area contributed by atoms with Crippen LogP contribution in [0, 0.1) is 5.82 Å². The second-order valence-corrected chi connectivity index (χ2v) is 4.38. The van der Waals surface area contributed by atoms with Gasteiger partial charge in [0, 0.05) is 29.5 Å². The number of benzene rings is 2. The first kappa shape index (κ1) is 14.5. The predicted molar refractivity (Wildman–Crippen MR) is 78.6 cm³/mol. The topological polar surface area (TPSA) is 84.2 Å². The molecule has 0 radical (unpaired) electrons. The van der Waals surface area contributed by atoms with Crippen molar-refractivity contribution in [3.05, 3.63) is 59.4 Å². The van der Waals surface area contributed by atoms with E-state index in [1.54, 1.807) is 24.3 Å². The summed E-state index contributed by atoms with van der Waals surface area (Å²) >= 11 is 0. The van der Waals surface area contributed by atoms with Crippen LogP contribution in [-0.4, -0.2) is 18.9 Å². The molecule has 0 saturated carbocycles. The Balaban J connectivity index is 2.14. The second kappa shape index (κ2) is 6.04. The third-order valence-corrected chi connectivity index (χ3v) is 2.81. The molecule has 2 aromatic rings. The van der Waals surface area contributed by atoms with Crippen LogP contribution in [0.15, 0.2) is 42.5 Å². The van der Waals surface area contributed by atoms with E-state index in [9.17, 15) is 14.0 Å². The van der Waals surface area contributed by atoms with Crippen LogP contribution in [-0.2, 0) is 0 Å². The summed E-state index contributed by atoms with van der Waals surface area (Å²) in [6.45, 7) is 0. The standard InChI is InChI=1S/C15H14FN3O2/c1-18-14(20)9-2-4-13(5-3-9)19-15(21)10-6-11(16)8-12(17)7-10/h2-8H,17H2,1H3,(H,18,20)(H,19,21). The van der Waals surface area contributed by atoms with Gasteiger partial charge in [-0.2, -0.15) is 0 Å². The van der Waals surface area contributed by atoms with E-state index in [-0.39, 0.29) is 17.2 Å². The van der Waals surface area contributed by atoms with Crippen molar-refractivity contribution in [1.29, 1.82) is 0 Å². The molecule has 2 rings (SSSR count). The van der Waals surface area contributed by atoms with E-state index < -0.39 is 11.7 Å². The third-order valence-electron chi connectivity index (χ3n) is 2.81. The number of carbonyl (C=O) groups excluding carboxylic acids is 2.